The molecule has 31 heavy (non-hydrogen) atoms. The Morgan fingerprint density at radius 2 is 1.90 bits per heavy atom. The molecule has 1 fully saturated rings. The van der Waals surface area contributed by atoms with Crippen molar-refractivity contribution in [2.24, 2.45) is 0 Å². The number of thiazole rings is 1. The van der Waals surface area contributed by atoms with Crippen molar-refractivity contribution in [3.05, 3.63) is 50.7 Å². The topological polar surface area (TPSA) is 89.0 Å². The number of aryl methyl sites for hydroxylation is 2. The minimum atomic E-state index is -0.755. The number of carbonyl (C=O) groups excluding carboxylic acids is 2. The van der Waals surface area contributed by atoms with Gasteiger partial charge in [-0.3, -0.25) is 9.59 Å². The van der Waals surface area contributed by atoms with Gasteiger partial charge in [0.1, 0.15) is 0 Å². The van der Waals surface area contributed by atoms with Gasteiger partial charge in [-0.1, -0.05) is 25.0 Å². The molecule has 1 unspecified atom stereocenters. The quantitative estimate of drug-likeness (QED) is 0.671. The van der Waals surface area contributed by atoms with Gasteiger partial charge in [0.05, 0.1) is 41.4 Å². The molecule has 1 aliphatic carbocycles. The number of hydrogen-bond acceptors (Lipinski definition) is 7. The van der Waals surface area contributed by atoms with Crippen molar-refractivity contribution >= 4 is 23.0 Å². The van der Waals surface area contributed by atoms with Gasteiger partial charge < -0.3 is 19.5 Å². The number of Topliss-reactive ketones (excluding diaryl/α,β-unsaturated/α-hetero) is 1. The predicted molar refractivity (Wildman–Crippen MR) is 117 cm³/mol. The summed E-state index contributed by atoms with van der Waals surface area (Å²) < 4.78 is 11.1. The molecule has 1 aromatic heterocycles. The molecule has 0 saturated heterocycles. The van der Waals surface area contributed by atoms with E-state index in [1.54, 1.807) is 31.1 Å². The summed E-state index contributed by atoms with van der Waals surface area (Å²) in [5, 5.41) is 11.7. The maximum atomic E-state index is 13.6. The minimum Gasteiger partial charge on any atom is -0.503 e. The van der Waals surface area contributed by atoms with Crippen LogP contribution in [0.25, 0.3) is 0 Å². The number of aliphatic hydroxyl groups excluding tert-OH is 1. The number of benzene rings is 1. The molecule has 0 spiro atoms. The Kier molecular flexibility index (Phi) is 5.75. The Bertz CT molecular complexity index is 1070. The highest BCUT2D eigenvalue weighted by Crippen LogP contribution is 2.48. The maximum Gasteiger partial charge on any atom is 0.290 e. The molecule has 7 nitrogen and oxygen atoms in total. The van der Waals surface area contributed by atoms with E-state index in [9.17, 15) is 14.7 Å². The maximum absolute atomic E-state index is 13.6. The number of aliphatic hydroxyl groups is 1. The van der Waals surface area contributed by atoms with E-state index in [0.717, 1.165) is 30.7 Å². The number of para-hydroxylation sites is 1. The lowest BCUT2D eigenvalue weighted by Gasteiger charge is -2.33. The monoisotopic (exact) mass is 442 g/mol. The minimum absolute atomic E-state index is 0.0508. The fourth-order valence-electron chi connectivity index (χ4n) is 4.71. The number of ketones is 1. The lowest BCUT2D eigenvalue weighted by molar-refractivity contribution is -0.131. The van der Waals surface area contributed by atoms with Crippen molar-refractivity contribution < 1.29 is 24.2 Å². The Morgan fingerprint density at radius 3 is 2.48 bits per heavy atom. The molecule has 0 radical (unpaired) electrons. The van der Waals surface area contributed by atoms with Crippen molar-refractivity contribution in [2.45, 2.75) is 51.6 Å². The van der Waals surface area contributed by atoms with Gasteiger partial charge in [-0.05, 0) is 32.8 Å². The summed E-state index contributed by atoms with van der Waals surface area (Å²) in [6, 6.07) is 4.58. The zero-order chi connectivity index (χ0) is 22.3. The summed E-state index contributed by atoms with van der Waals surface area (Å²) in [6.45, 7) is 3.59. The molecule has 8 heteroatoms. The second kappa shape index (κ2) is 8.34. The van der Waals surface area contributed by atoms with Crippen LogP contribution in [-0.2, 0) is 4.79 Å². The van der Waals surface area contributed by atoms with Gasteiger partial charge in [-0.25, -0.2) is 4.98 Å². The zero-order valence-corrected chi connectivity index (χ0v) is 18.9. The number of nitrogens with zero attached hydrogens (tertiary/aromatic N) is 2. The van der Waals surface area contributed by atoms with Crippen LogP contribution in [0.4, 0.5) is 0 Å². The molecule has 164 valence electrons. The molecule has 1 aromatic carbocycles. The fraction of sp³-hybridized carbons (Fsp3) is 0.435. The Hall–Kier alpha value is -2.87. The van der Waals surface area contributed by atoms with Gasteiger partial charge in [0, 0.05) is 11.6 Å². The van der Waals surface area contributed by atoms with E-state index in [-0.39, 0.29) is 17.4 Å². The standard InChI is InChI=1S/C23H26N2O5S/c1-12-22(31-13(2)24-12)19(26)17-18(15-10-7-11-16(29-3)21(15)30-4)25(23(28)20(17)27)14-8-5-6-9-14/h7,10-11,14,18,27H,5-6,8-9H2,1-4H3. The fourth-order valence-corrected chi connectivity index (χ4v) is 5.59. The van der Waals surface area contributed by atoms with Crippen molar-refractivity contribution in [1.29, 1.82) is 0 Å². The zero-order valence-electron chi connectivity index (χ0n) is 18.1. The number of amides is 1. The van der Waals surface area contributed by atoms with Crippen molar-refractivity contribution in [1.82, 2.24) is 9.88 Å². The molecule has 1 amide bonds. The highest BCUT2D eigenvalue weighted by molar-refractivity contribution is 7.14. The Labute approximate surface area is 185 Å². The van der Waals surface area contributed by atoms with Crippen molar-refractivity contribution in [2.75, 3.05) is 14.2 Å². The predicted octanol–water partition coefficient (Wildman–Crippen LogP) is 4.30. The molecule has 2 heterocycles. The summed E-state index contributed by atoms with van der Waals surface area (Å²) >= 11 is 1.27. The number of aromatic nitrogens is 1. The van der Waals surface area contributed by atoms with Gasteiger partial charge >= 0.3 is 0 Å². The highest BCUT2D eigenvalue weighted by atomic mass is 32.1. The number of rotatable bonds is 6. The second-order valence-electron chi connectivity index (χ2n) is 7.87. The van der Waals surface area contributed by atoms with Gasteiger partial charge in [0.25, 0.3) is 5.91 Å². The average Bonchev–Trinajstić information content (AvgIpc) is 3.46. The first kappa shape index (κ1) is 21.4. The molecular weight excluding hydrogens is 416 g/mol. The molecule has 2 aromatic rings. The summed E-state index contributed by atoms with van der Waals surface area (Å²) in [5.74, 6) is -0.421. The van der Waals surface area contributed by atoms with Gasteiger partial charge in [0.2, 0.25) is 5.78 Å². The summed E-state index contributed by atoms with van der Waals surface area (Å²) in [4.78, 5) is 33.3. The van der Waals surface area contributed by atoms with Crippen LogP contribution >= 0.6 is 11.3 Å². The van der Waals surface area contributed by atoms with Gasteiger partial charge in [-0.15, -0.1) is 11.3 Å². The summed E-state index contributed by atoms with van der Waals surface area (Å²) in [7, 11) is 3.07. The highest BCUT2D eigenvalue weighted by Gasteiger charge is 2.48. The van der Waals surface area contributed by atoms with E-state index >= 15 is 0 Å². The second-order valence-corrected chi connectivity index (χ2v) is 9.08. The van der Waals surface area contributed by atoms with Crippen LogP contribution in [0.3, 0.4) is 0 Å². The van der Waals surface area contributed by atoms with Gasteiger partial charge in [0.15, 0.2) is 17.3 Å². The number of carbonyl (C=O) groups is 2. The first-order valence-electron chi connectivity index (χ1n) is 10.3. The van der Waals surface area contributed by atoms with E-state index in [1.807, 2.05) is 13.0 Å². The number of hydrogen-bond donors (Lipinski definition) is 1. The van der Waals surface area contributed by atoms with Crippen LogP contribution in [0, 0.1) is 13.8 Å². The van der Waals surface area contributed by atoms with E-state index in [0.29, 0.717) is 27.6 Å². The Morgan fingerprint density at radius 1 is 1.19 bits per heavy atom. The number of methoxy groups -OCH3 is 2. The first-order chi connectivity index (χ1) is 14.9. The smallest absolute Gasteiger partial charge is 0.290 e. The summed E-state index contributed by atoms with van der Waals surface area (Å²) in [6.07, 6.45) is 3.69. The molecule has 1 saturated carbocycles. The molecule has 1 N–H and O–H groups in total. The molecule has 2 aliphatic rings. The number of ether oxygens (including phenoxy) is 2. The van der Waals surface area contributed by atoms with Crippen molar-refractivity contribution in [3.8, 4) is 11.5 Å². The van der Waals surface area contributed by atoms with E-state index in [1.165, 1.54) is 18.4 Å². The van der Waals surface area contributed by atoms with Crippen molar-refractivity contribution in [3.63, 3.8) is 0 Å². The average molecular weight is 443 g/mol. The third-order valence-corrected chi connectivity index (χ3v) is 7.12. The third kappa shape index (κ3) is 3.48. The molecule has 1 atom stereocenters. The van der Waals surface area contributed by atoms with Crippen LogP contribution in [0.15, 0.2) is 29.5 Å². The van der Waals surface area contributed by atoms with Crippen LogP contribution in [0.5, 0.6) is 11.5 Å². The lowest BCUT2D eigenvalue weighted by atomic mass is 9.93. The normalized spacial score (nSPS) is 19.4. The SMILES string of the molecule is COc1cccc(C2C(C(=O)c3sc(C)nc3C)=C(O)C(=O)N2C2CCCC2)c1OC. The van der Waals surface area contributed by atoms with Crippen LogP contribution in [0.2, 0.25) is 0 Å². The van der Waals surface area contributed by atoms with Crippen LogP contribution < -0.4 is 9.47 Å². The summed E-state index contributed by atoms with van der Waals surface area (Å²) in [5.41, 5.74) is 1.29. The van der Waals surface area contributed by atoms with Crippen LogP contribution in [0.1, 0.15) is 57.7 Å². The largest absolute Gasteiger partial charge is 0.503 e. The first-order valence-corrected chi connectivity index (χ1v) is 11.2. The molecule has 0 bridgehead atoms. The Balaban J connectivity index is 1.91. The van der Waals surface area contributed by atoms with E-state index in [2.05, 4.69) is 4.98 Å². The lowest BCUT2D eigenvalue weighted by Crippen LogP contribution is -2.38. The van der Waals surface area contributed by atoms with E-state index in [4.69, 9.17) is 9.47 Å². The van der Waals surface area contributed by atoms with E-state index < -0.39 is 17.7 Å². The molecular formula is C23H26N2O5S. The molecule has 1 aliphatic heterocycles. The van der Waals surface area contributed by atoms with Crippen LogP contribution in [-0.4, -0.2) is 46.9 Å². The molecule has 4 rings (SSSR count). The van der Waals surface area contributed by atoms with Gasteiger partial charge in [-0.2, -0.15) is 0 Å². The third-order valence-electron chi connectivity index (χ3n) is 6.04.